The molecule has 1 aromatic rings. The molecule has 0 bridgehead atoms. The van der Waals surface area contributed by atoms with Crippen LogP contribution in [0.5, 0.6) is 5.75 Å². The molecule has 30 heavy (non-hydrogen) atoms. The van der Waals surface area contributed by atoms with Gasteiger partial charge in [0.15, 0.2) is 0 Å². The summed E-state index contributed by atoms with van der Waals surface area (Å²) in [7, 11) is -0.197. The maximum atomic E-state index is 12.7. The molecule has 0 aliphatic carbocycles. The van der Waals surface area contributed by atoms with Crippen LogP contribution in [0.4, 0.5) is 5.69 Å². The summed E-state index contributed by atoms with van der Waals surface area (Å²) in [4.78, 5) is 26.5. The maximum absolute atomic E-state index is 12.7. The van der Waals surface area contributed by atoms with Crippen molar-refractivity contribution in [2.75, 3.05) is 44.9 Å². The number of hydrogen-bond donors (Lipinski definition) is 1. The van der Waals surface area contributed by atoms with Crippen LogP contribution in [-0.4, -0.2) is 69.0 Å². The Labute approximate surface area is 183 Å². The Hall–Kier alpha value is -1.84. The van der Waals surface area contributed by atoms with Crippen molar-refractivity contribution in [3.05, 3.63) is 23.2 Å². The van der Waals surface area contributed by atoms with Crippen LogP contribution in [0.2, 0.25) is 5.02 Å². The molecule has 0 atom stereocenters. The number of hydrogen-bond acceptors (Lipinski definition) is 5. The number of sulfonamides is 1. The number of carbonyl (C=O) groups excluding carboxylic acids is 2. The number of benzene rings is 1. The number of ether oxygens (including phenoxy) is 1. The zero-order chi connectivity index (χ0) is 22.3. The molecule has 1 fully saturated rings. The number of unbranched alkanes of at least 4 members (excludes halogenated alkanes) is 1. The zero-order valence-corrected chi connectivity index (χ0v) is 19.3. The summed E-state index contributed by atoms with van der Waals surface area (Å²) in [5.41, 5.74) is 0.432. The first-order valence-electron chi connectivity index (χ1n) is 10.0. The molecule has 1 aliphatic rings. The predicted molar refractivity (Wildman–Crippen MR) is 117 cm³/mol. The number of anilines is 1. The number of nitrogens with zero attached hydrogens (tertiary/aromatic N) is 2. The quantitative estimate of drug-likeness (QED) is 0.612. The summed E-state index contributed by atoms with van der Waals surface area (Å²) in [5.74, 6) is -0.200. The third-order valence-electron chi connectivity index (χ3n) is 5.15. The van der Waals surface area contributed by atoms with Crippen LogP contribution in [0.25, 0.3) is 0 Å². The van der Waals surface area contributed by atoms with Crippen LogP contribution in [0.15, 0.2) is 18.2 Å². The molecule has 0 aromatic heterocycles. The minimum absolute atomic E-state index is 0.122. The lowest BCUT2D eigenvalue weighted by Crippen LogP contribution is -2.45. The molecule has 0 spiro atoms. The van der Waals surface area contributed by atoms with Crippen LogP contribution < -0.4 is 10.1 Å². The number of likely N-dealkylation sites (N-methyl/N-ethyl adjacent to an activating group) is 1. The molecular formula is C20H30ClN3O5S. The SMILES string of the molecule is CCCCS(=O)(=O)N1CCC(C(=O)N(C)CC(=O)Nc2cc(Cl)ccc2OC)CC1. The largest absolute Gasteiger partial charge is 0.495 e. The second kappa shape index (κ2) is 11.0. The fourth-order valence-corrected chi connectivity index (χ4v) is 5.26. The normalized spacial score (nSPS) is 15.6. The van der Waals surface area contributed by atoms with Gasteiger partial charge in [-0.2, -0.15) is 0 Å². The van der Waals surface area contributed by atoms with Crippen molar-refractivity contribution in [2.45, 2.75) is 32.6 Å². The van der Waals surface area contributed by atoms with Gasteiger partial charge in [0.2, 0.25) is 21.8 Å². The topological polar surface area (TPSA) is 96.0 Å². The number of piperidine rings is 1. The Balaban J connectivity index is 1.88. The molecule has 0 saturated carbocycles. The highest BCUT2D eigenvalue weighted by Gasteiger charge is 2.32. The van der Waals surface area contributed by atoms with Gasteiger partial charge in [-0.05, 0) is 37.5 Å². The van der Waals surface area contributed by atoms with Crippen molar-refractivity contribution >= 4 is 39.1 Å². The molecule has 8 nitrogen and oxygen atoms in total. The lowest BCUT2D eigenvalue weighted by molar-refractivity contribution is -0.138. The van der Waals surface area contributed by atoms with Crippen molar-refractivity contribution in [1.82, 2.24) is 9.21 Å². The zero-order valence-electron chi connectivity index (χ0n) is 17.7. The monoisotopic (exact) mass is 459 g/mol. The van der Waals surface area contributed by atoms with Gasteiger partial charge in [-0.1, -0.05) is 24.9 Å². The van der Waals surface area contributed by atoms with Crippen molar-refractivity contribution in [1.29, 1.82) is 0 Å². The van der Waals surface area contributed by atoms with Gasteiger partial charge in [-0.15, -0.1) is 0 Å². The molecular weight excluding hydrogens is 430 g/mol. The second-order valence-electron chi connectivity index (χ2n) is 7.43. The summed E-state index contributed by atoms with van der Waals surface area (Å²) < 4.78 is 31.3. The number of carbonyl (C=O) groups is 2. The van der Waals surface area contributed by atoms with Crippen LogP contribution in [0.1, 0.15) is 32.6 Å². The Morgan fingerprint density at radius 3 is 2.57 bits per heavy atom. The summed E-state index contributed by atoms with van der Waals surface area (Å²) in [6.07, 6.45) is 2.37. The Morgan fingerprint density at radius 2 is 1.97 bits per heavy atom. The van der Waals surface area contributed by atoms with Gasteiger partial charge < -0.3 is 15.0 Å². The molecule has 0 unspecified atom stereocenters. The van der Waals surface area contributed by atoms with E-state index in [-0.39, 0.29) is 30.0 Å². The van der Waals surface area contributed by atoms with Crippen LogP contribution >= 0.6 is 11.6 Å². The lowest BCUT2D eigenvalue weighted by Gasteiger charge is -2.32. The van der Waals surface area contributed by atoms with E-state index in [1.165, 1.54) is 16.3 Å². The third-order valence-corrected chi connectivity index (χ3v) is 7.34. The van der Waals surface area contributed by atoms with Gasteiger partial charge in [0.05, 0.1) is 25.1 Å². The third kappa shape index (κ3) is 6.58. The average Bonchev–Trinajstić information content (AvgIpc) is 2.72. The average molecular weight is 460 g/mol. The Kier molecular flexibility index (Phi) is 8.93. The molecule has 0 radical (unpaired) electrons. The van der Waals surface area contributed by atoms with Crippen molar-refractivity contribution < 1.29 is 22.7 Å². The fraction of sp³-hybridized carbons (Fsp3) is 0.600. The number of amides is 2. The van der Waals surface area contributed by atoms with E-state index < -0.39 is 10.0 Å². The van der Waals surface area contributed by atoms with Gasteiger partial charge >= 0.3 is 0 Å². The smallest absolute Gasteiger partial charge is 0.244 e. The maximum Gasteiger partial charge on any atom is 0.244 e. The first-order valence-corrected chi connectivity index (χ1v) is 12.0. The second-order valence-corrected chi connectivity index (χ2v) is 9.95. The predicted octanol–water partition coefficient (Wildman–Crippen LogP) is 2.59. The summed E-state index contributed by atoms with van der Waals surface area (Å²) >= 11 is 5.97. The molecule has 1 aromatic carbocycles. The highest BCUT2D eigenvalue weighted by Crippen LogP contribution is 2.27. The van der Waals surface area contributed by atoms with E-state index in [0.717, 1.165) is 6.42 Å². The minimum atomic E-state index is -3.26. The molecule has 1 N–H and O–H groups in total. The minimum Gasteiger partial charge on any atom is -0.495 e. The van der Waals surface area contributed by atoms with Crippen molar-refractivity contribution in [3.8, 4) is 5.75 Å². The summed E-state index contributed by atoms with van der Waals surface area (Å²) in [5, 5.41) is 3.16. The number of halogens is 1. The highest BCUT2D eigenvalue weighted by atomic mass is 35.5. The molecule has 2 rings (SSSR count). The first-order chi connectivity index (χ1) is 14.2. The number of nitrogens with one attached hydrogen (secondary N) is 1. The standard InChI is InChI=1S/C20H30ClN3O5S/c1-4-5-12-30(27,28)24-10-8-15(9-11-24)20(26)23(2)14-19(25)22-17-13-16(21)6-7-18(17)29-3/h6-7,13,15H,4-5,8-12,14H2,1-3H3,(H,22,25). The van der Waals surface area contributed by atoms with Crippen LogP contribution in [0.3, 0.4) is 0 Å². The van der Waals surface area contributed by atoms with E-state index in [0.29, 0.717) is 48.8 Å². The van der Waals surface area contributed by atoms with E-state index in [4.69, 9.17) is 16.3 Å². The fourth-order valence-electron chi connectivity index (χ4n) is 3.41. The van der Waals surface area contributed by atoms with Crippen molar-refractivity contribution in [3.63, 3.8) is 0 Å². The van der Waals surface area contributed by atoms with Crippen LogP contribution in [0, 0.1) is 5.92 Å². The van der Waals surface area contributed by atoms with E-state index >= 15 is 0 Å². The van der Waals surface area contributed by atoms with Gasteiger partial charge in [0, 0.05) is 31.1 Å². The molecule has 1 saturated heterocycles. The van der Waals surface area contributed by atoms with E-state index in [1.807, 2.05) is 6.92 Å². The molecule has 10 heteroatoms. The Bertz CT molecular complexity index is 854. The summed E-state index contributed by atoms with van der Waals surface area (Å²) in [6, 6.07) is 4.88. The van der Waals surface area contributed by atoms with E-state index in [2.05, 4.69) is 5.32 Å². The lowest BCUT2D eigenvalue weighted by atomic mass is 9.96. The molecule has 1 heterocycles. The van der Waals surface area contributed by atoms with Gasteiger partial charge in [0.1, 0.15) is 5.75 Å². The molecule has 168 valence electrons. The van der Waals surface area contributed by atoms with Crippen molar-refractivity contribution in [2.24, 2.45) is 5.92 Å². The Morgan fingerprint density at radius 1 is 1.30 bits per heavy atom. The number of rotatable bonds is 9. The van der Waals surface area contributed by atoms with E-state index in [9.17, 15) is 18.0 Å². The van der Waals surface area contributed by atoms with Crippen LogP contribution in [-0.2, 0) is 19.6 Å². The van der Waals surface area contributed by atoms with Gasteiger partial charge in [-0.3, -0.25) is 9.59 Å². The molecule has 1 aliphatic heterocycles. The number of methoxy groups -OCH3 is 1. The summed E-state index contributed by atoms with van der Waals surface area (Å²) in [6.45, 7) is 2.50. The van der Waals surface area contributed by atoms with E-state index in [1.54, 1.807) is 25.2 Å². The first kappa shape index (κ1) is 24.4. The van der Waals surface area contributed by atoms with Gasteiger partial charge in [0.25, 0.3) is 0 Å². The molecule has 2 amide bonds. The van der Waals surface area contributed by atoms with Gasteiger partial charge in [-0.25, -0.2) is 12.7 Å². The highest BCUT2D eigenvalue weighted by molar-refractivity contribution is 7.89.